The highest BCUT2D eigenvalue weighted by Crippen LogP contribution is 2.44. The fraction of sp³-hybridized carbons (Fsp3) is 0.200. The van der Waals surface area contributed by atoms with Crippen molar-refractivity contribution >= 4 is 12.1 Å². The molecule has 2 N–H and O–H groups in total. The Balaban J connectivity index is 1.46. The van der Waals surface area contributed by atoms with Gasteiger partial charge in [0.25, 0.3) is 6.43 Å². The Morgan fingerprint density at radius 2 is 1.41 bits per heavy atom. The molecule has 32 heavy (non-hydrogen) atoms. The maximum atomic E-state index is 12.8. The molecular formula is C25H21F2NO4. The van der Waals surface area contributed by atoms with Gasteiger partial charge in [0.05, 0.1) is 12.5 Å². The van der Waals surface area contributed by atoms with Crippen LogP contribution >= 0.6 is 0 Å². The van der Waals surface area contributed by atoms with E-state index in [-0.39, 0.29) is 18.1 Å². The summed E-state index contributed by atoms with van der Waals surface area (Å²) < 4.78 is 31.1. The number of amides is 1. The summed E-state index contributed by atoms with van der Waals surface area (Å²) in [4.78, 5) is 23.8. The molecule has 3 aromatic carbocycles. The van der Waals surface area contributed by atoms with Crippen molar-refractivity contribution in [3.05, 3.63) is 95.1 Å². The molecule has 5 nitrogen and oxygen atoms in total. The van der Waals surface area contributed by atoms with E-state index < -0.39 is 31.0 Å². The summed E-state index contributed by atoms with van der Waals surface area (Å²) in [5, 5.41) is 11.8. The summed E-state index contributed by atoms with van der Waals surface area (Å²) in [6.45, 7) is 0.0873. The molecule has 0 radical (unpaired) electrons. The van der Waals surface area contributed by atoms with Gasteiger partial charge in [0.2, 0.25) is 0 Å². The number of nitrogens with one attached hydrogen (secondary N) is 1. The molecular weight excluding hydrogens is 416 g/mol. The van der Waals surface area contributed by atoms with Crippen LogP contribution in [0.3, 0.4) is 0 Å². The normalized spacial score (nSPS) is 13.3. The molecule has 7 heteroatoms. The van der Waals surface area contributed by atoms with E-state index in [4.69, 9.17) is 4.74 Å². The van der Waals surface area contributed by atoms with E-state index in [9.17, 15) is 23.5 Å². The Hall–Kier alpha value is -3.74. The number of alkyl carbamates (subject to hydrolysis) is 1. The molecule has 0 fully saturated rings. The minimum Gasteiger partial charge on any atom is -0.481 e. The molecule has 1 aliphatic rings. The van der Waals surface area contributed by atoms with Crippen LogP contribution in [0.15, 0.2) is 72.8 Å². The van der Waals surface area contributed by atoms with Crippen LogP contribution in [-0.4, -0.2) is 23.8 Å². The maximum absolute atomic E-state index is 12.8. The number of hydrogen-bond donors (Lipinski definition) is 2. The first-order valence-corrected chi connectivity index (χ1v) is 10.2. The second-order valence-corrected chi connectivity index (χ2v) is 7.59. The molecule has 4 rings (SSSR count). The summed E-state index contributed by atoms with van der Waals surface area (Å²) in [5.74, 6) is -1.26. The second kappa shape index (κ2) is 9.18. The van der Waals surface area contributed by atoms with E-state index in [1.807, 2.05) is 48.5 Å². The molecule has 0 aliphatic heterocycles. The van der Waals surface area contributed by atoms with E-state index in [0.717, 1.165) is 22.3 Å². The number of benzene rings is 3. The fourth-order valence-corrected chi connectivity index (χ4v) is 4.08. The first-order valence-electron chi connectivity index (χ1n) is 10.2. The molecule has 0 bridgehead atoms. The highest BCUT2D eigenvalue weighted by Gasteiger charge is 2.29. The van der Waals surface area contributed by atoms with Gasteiger partial charge in [0.1, 0.15) is 6.61 Å². The van der Waals surface area contributed by atoms with Crippen molar-refractivity contribution in [2.75, 3.05) is 6.61 Å². The lowest BCUT2D eigenvalue weighted by molar-refractivity contribution is -0.137. The molecule has 164 valence electrons. The molecule has 0 saturated carbocycles. The summed E-state index contributed by atoms with van der Waals surface area (Å²) in [6.07, 6.45) is -3.80. The molecule has 0 saturated heterocycles. The van der Waals surface area contributed by atoms with Gasteiger partial charge in [-0.2, -0.15) is 0 Å². The van der Waals surface area contributed by atoms with Crippen molar-refractivity contribution in [1.29, 1.82) is 0 Å². The lowest BCUT2D eigenvalue weighted by atomic mass is 9.98. The molecule has 1 atom stereocenters. The van der Waals surface area contributed by atoms with E-state index in [2.05, 4.69) is 5.32 Å². The number of carbonyl (C=O) groups is 2. The third-order valence-electron chi connectivity index (χ3n) is 5.61. The van der Waals surface area contributed by atoms with Gasteiger partial charge >= 0.3 is 12.1 Å². The van der Waals surface area contributed by atoms with Crippen LogP contribution in [0.4, 0.5) is 13.6 Å². The number of rotatable bonds is 7. The standard InChI is InChI=1S/C25H21F2NO4/c26-24(27)16-11-9-15(10-12-16)22(13-23(29)30)28-25(31)32-14-21-19-7-3-1-5-17(19)18-6-2-4-8-20(18)21/h1-12,21-22,24H,13-14H2,(H,28,31)(H,29,30). The zero-order chi connectivity index (χ0) is 22.7. The van der Waals surface area contributed by atoms with E-state index >= 15 is 0 Å². The number of carboxylic acids is 1. The van der Waals surface area contributed by atoms with E-state index in [1.165, 1.54) is 24.3 Å². The van der Waals surface area contributed by atoms with Crippen LogP contribution in [0.5, 0.6) is 0 Å². The summed E-state index contributed by atoms with van der Waals surface area (Å²) in [6, 6.07) is 20.1. The molecule has 1 unspecified atom stereocenters. The number of alkyl halides is 2. The average Bonchev–Trinajstić information content (AvgIpc) is 3.11. The fourth-order valence-electron chi connectivity index (χ4n) is 4.08. The van der Waals surface area contributed by atoms with Gasteiger partial charge in [-0.15, -0.1) is 0 Å². The molecule has 1 amide bonds. The van der Waals surface area contributed by atoms with Gasteiger partial charge < -0.3 is 15.2 Å². The quantitative estimate of drug-likeness (QED) is 0.499. The Bertz CT molecular complexity index is 1090. The number of aliphatic carboxylic acids is 1. The van der Waals surface area contributed by atoms with Gasteiger partial charge in [-0.1, -0.05) is 72.8 Å². The number of halogens is 2. The number of carbonyl (C=O) groups excluding carboxylic acids is 1. The Morgan fingerprint density at radius 1 is 0.875 bits per heavy atom. The van der Waals surface area contributed by atoms with Gasteiger partial charge in [-0.05, 0) is 27.8 Å². The van der Waals surface area contributed by atoms with Crippen molar-refractivity contribution in [3.8, 4) is 11.1 Å². The predicted molar refractivity (Wildman–Crippen MR) is 115 cm³/mol. The van der Waals surface area contributed by atoms with Crippen molar-refractivity contribution in [1.82, 2.24) is 5.32 Å². The SMILES string of the molecule is O=C(O)CC(NC(=O)OCC1c2ccccc2-c2ccccc21)c1ccc(C(F)F)cc1. The van der Waals surface area contributed by atoms with Crippen molar-refractivity contribution in [2.24, 2.45) is 0 Å². The van der Waals surface area contributed by atoms with Gasteiger partial charge in [-0.25, -0.2) is 13.6 Å². The lowest BCUT2D eigenvalue weighted by Crippen LogP contribution is -2.31. The Kier molecular flexibility index (Phi) is 6.16. The van der Waals surface area contributed by atoms with Crippen molar-refractivity contribution in [3.63, 3.8) is 0 Å². The highest BCUT2D eigenvalue weighted by molar-refractivity contribution is 5.79. The number of ether oxygens (including phenoxy) is 1. The van der Waals surface area contributed by atoms with Crippen molar-refractivity contribution < 1.29 is 28.2 Å². The highest BCUT2D eigenvalue weighted by atomic mass is 19.3. The average molecular weight is 437 g/mol. The first-order chi connectivity index (χ1) is 15.4. The largest absolute Gasteiger partial charge is 0.481 e. The van der Waals surface area contributed by atoms with Crippen LogP contribution in [0, 0.1) is 0 Å². The van der Waals surface area contributed by atoms with E-state index in [0.29, 0.717) is 5.56 Å². The summed E-state index contributed by atoms with van der Waals surface area (Å²) in [7, 11) is 0. The molecule has 3 aromatic rings. The Labute approximate surface area is 183 Å². The van der Waals surface area contributed by atoms with E-state index in [1.54, 1.807) is 0 Å². The number of hydrogen-bond acceptors (Lipinski definition) is 3. The molecule has 0 aromatic heterocycles. The molecule has 0 heterocycles. The minimum atomic E-state index is -2.63. The van der Waals surface area contributed by atoms with Crippen LogP contribution in [-0.2, 0) is 9.53 Å². The van der Waals surface area contributed by atoms with Crippen LogP contribution < -0.4 is 5.32 Å². The lowest BCUT2D eigenvalue weighted by Gasteiger charge is -2.19. The maximum Gasteiger partial charge on any atom is 0.407 e. The third kappa shape index (κ3) is 4.46. The minimum absolute atomic E-state index is 0.0873. The summed E-state index contributed by atoms with van der Waals surface area (Å²) in [5.41, 5.74) is 4.55. The third-order valence-corrected chi connectivity index (χ3v) is 5.61. The summed E-state index contributed by atoms with van der Waals surface area (Å²) >= 11 is 0. The van der Waals surface area contributed by atoms with Crippen LogP contribution in [0.2, 0.25) is 0 Å². The number of fused-ring (bicyclic) bond motifs is 3. The second-order valence-electron chi connectivity index (χ2n) is 7.59. The smallest absolute Gasteiger partial charge is 0.407 e. The first kappa shape index (κ1) is 21.5. The number of carboxylic acid groups (broad SMARTS) is 1. The van der Waals surface area contributed by atoms with Gasteiger partial charge in [0, 0.05) is 11.5 Å². The molecule has 0 spiro atoms. The zero-order valence-electron chi connectivity index (χ0n) is 17.0. The zero-order valence-corrected chi connectivity index (χ0v) is 17.0. The van der Waals surface area contributed by atoms with Crippen LogP contribution in [0.1, 0.15) is 47.1 Å². The monoisotopic (exact) mass is 437 g/mol. The predicted octanol–water partition coefficient (Wildman–Crippen LogP) is 5.68. The Morgan fingerprint density at radius 3 is 1.94 bits per heavy atom. The van der Waals surface area contributed by atoms with Crippen LogP contribution in [0.25, 0.3) is 11.1 Å². The topological polar surface area (TPSA) is 75.6 Å². The molecule has 1 aliphatic carbocycles. The van der Waals surface area contributed by atoms with Gasteiger partial charge in [-0.3, -0.25) is 4.79 Å². The van der Waals surface area contributed by atoms with Gasteiger partial charge in [0.15, 0.2) is 0 Å². The van der Waals surface area contributed by atoms with Crippen molar-refractivity contribution in [2.45, 2.75) is 24.8 Å².